The van der Waals surface area contributed by atoms with Crippen LogP contribution in [0.4, 0.5) is 0 Å². The van der Waals surface area contributed by atoms with Crippen molar-refractivity contribution >= 4 is 15.9 Å². The average Bonchev–Trinajstić information content (AvgIpc) is 2.67. The number of nitrogens with one attached hydrogen (secondary N) is 2. The molecule has 0 bridgehead atoms. The molecule has 8 heteroatoms. The van der Waals surface area contributed by atoms with Crippen molar-refractivity contribution in [3.63, 3.8) is 0 Å². The van der Waals surface area contributed by atoms with Crippen molar-refractivity contribution in [2.45, 2.75) is 31.2 Å². The Kier molecular flexibility index (Phi) is 7.42. The van der Waals surface area contributed by atoms with E-state index in [1.165, 1.54) is 25.3 Å². The second kappa shape index (κ2) is 9.57. The molecule has 0 spiro atoms. The molecule has 28 heavy (non-hydrogen) atoms. The van der Waals surface area contributed by atoms with Crippen LogP contribution in [-0.2, 0) is 16.4 Å². The van der Waals surface area contributed by atoms with Gasteiger partial charge in [0.05, 0.1) is 24.7 Å². The zero-order valence-corrected chi connectivity index (χ0v) is 17.3. The Labute approximate surface area is 166 Å². The van der Waals surface area contributed by atoms with E-state index in [2.05, 4.69) is 10.0 Å². The minimum atomic E-state index is -3.76. The van der Waals surface area contributed by atoms with Gasteiger partial charge in [0.2, 0.25) is 10.0 Å². The van der Waals surface area contributed by atoms with Gasteiger partial charge in [-0.15, -0.1) is 0 Å². The highest BCUT2D eigenvalue weighted by Crippen LogP contribution is 2.22. The smallest absolute Gasteiger partial charge is 0.255 e. The minimum absolute atomic E-state index is 0.0111. The van der Waals surface area contributed by atoms with E-state index in [1.54, 1.807) is 7.11 Å². The van der Waals surface area contributed by atoms with Gasteiger partial charge >= 0.3 is 0 Å². The summed E-state index contributed by atoms with van der Waals surface area (Å²) in [7, 11) is -0.739. The number of amides is 1. The predicted molar refractivity (Wildman–Crippen MR) is 107 cm³/mol. The number of hydrogen-bond acceptors (Lipinski definition) is 5. The lowest BCUT2D eigenvalue weighted by atomic mass is 10.1. The van der Waals surface area contributed by atoms with Gasteiger partial charge < -0.3 is 14.8 Å². The summed E-state index contributed by atoms with van der Waals surface area (Å²) < 4.78 is 38.1. The highest BCUT2D eigenvalue weighted by molar-refractivity contribution is 7.89. The number of methoxy groups -OCH3 is 2. The summed E-state index contributed by atoms with van der Waals surface area (Å²) in [5, 5.41) is 2.74. The van der Waals surface area contributed by atoms with E-state index < -0.39 is 10.0 Å². The molecule has 0 heterocycles. The summed E-state index contributed by atoms with van der Waals surface area (Å²) in [6.07, 6.45) is 0.528. The molecule has 0 aliphatic rings. The van der Waals surface area contributed by atoms with Gasteiger partial charge in [-0.2, -0.15) is 0 Å². The van der Waals surface area contributed by atoms with Crippen molar-refractivity contribution in [2.24, 2.45) is 0 Å². The van der Waals surface area contributed by atoms with Crippen LogP contribution in [-0.4, -0.2) is 41.1 Å². The monoisotopic (exact) mass is 406 g/mol. The molecule has 0 saturated carbocycles. The molecule has 0 unspecified atom stereocenters. The van der Waals surface area contributed by atoms with Gasteiger partial charge in [-0.1, -0.05) is 12.1 Å². The van der Waals surface area contributed by atoms with Crippen molar-refractivity contribution in [3.8, 4) is 11.5 Å². The zero-order valence-electron chi connectivity index (χ0n) is 16.5. The highest BCUT2D eigenvalue weighted by Gasteiger charge is 2.20. The van der Waals surface area contributed by atoms with Gasteiger partial charge in [-0.05, 0) is 56.2 Å². The van der Waals surface area contributed by atoms with Gasteiger partial charge in [-0.25, -0.2) is 13.1 Å². The molecule has 7 nitrogen and oxygen atoms in total. The quantitative estimate of drug-likeness (QED) is 0.667. The molecule has 0 radical (unpaired) electrons. The molecular weight excluding hydrogens is 380 g/mol. The second-order valence-corrected chi connectivity index (χ2v) is 8.25. The van der Waals surface area contributed by atoms with Crippen LogP contribution in [0, 0.1) is 0 Å². The van der Waals surface area contributed by atoms with E-state index in [9.17, 15) is 13.2 Å². The molecule has 2 aromatic rings. The maximum absolute atomic E-state index is 12.6. The van der Waals surface area contributed by atoms with Crippen LogP contribution in [0.3, 0.4) is 0 Å². The van der Waals surface area contributed by atoms with Crippen LogP contribution in [0.5, 0.6) is 11.5 Å². The Morgan fingerprint density at radius 2 is 1.71 bits per heavy atom. The molecule has 2 aromatic carbocycles. The summed E-state index contributed by atoms with van der Waals surface area (Å²) >= 11 is 0. The van der Waals surface area contributed by atoms with Crippen LogP contribution in [0.1, 0.15) is 29.8 Å². The van der Waals surface area contributed by atoms with Crippen molar-refractivity contribution < 1.29 is 22.7 Å². The van der Waals surface area contributed by atoms with Gasteiger partial charge in [-0.3, -0.25) is 4.79 Å². The fourth-order valence-electron chi connectivity index (χ4n) is 2.58. The van der Waals surface area contributed by atoms with Gasteiger partial charge in [0.1, 0.15) is 11.5 Å². The molecule has 0 atom stereocenters. The van der Waals surface area contributed by atoms with Gasteiger partial charge in [0, 0.05) is 12.6 Å². The summed E-state index contributed by atoms with van der Waals surface area (Å²) in [5.74, 6) is 0.673. The van der Waals surface area contributed by atoms with E-state index in [1.807, 2.05) is 38.1 Å². The molecule has 0 fully saturated rings. The summed E-state index contributed by atoms with van der Waals surface area (Å²) in [5.41, 5.74) is 1.16. The van der Waals surface area contributed by atoms with E-state index >= 15 is 0 Å². The predicted octanol–water partition coefficient (Wildman–Crippen LogP) is 2.36. The normalized spacial score (nSPS) is 11.3. The SMILES string of the molecule is COc1ccc(CCNS(=O)(=O)c2ccc(OC)c(C(=O)NC(C)C)c2)cc1. The van der Waals surface area contributed by atoms with Crippen molar-refractivity contribution in [1.29, 1.82) is 0 Å². The third-order valence-electron chi connectivity index (χ3n) is 4.01. The number of carbonyl (C=O) groups excluding carboxylic acids is 1. The topological polar surface area (TPSA) is 93.7 Å². The fraction of sp³-hybridized carbons (Fsp3) is 0.350. The lowest BCUT2D eigenvalue weighted by Gasteiger charge is -2.13. The average molecular weight is 407 g/mol. The van der Waals surface area contributed by atoms with Crippen LogP contribution in [0.2, 0.25) is 0 Å². The molecule has 0 aliphatic carbocycles. The van der Waals surface area contributed by atoms with Crippen LogP contribution in [0.15, 0.2) is 47.4 Å². The number of carbonyl (C=O) groups is 1. The first-order valence-corrected chi connectivity index (χ1v) is 10.4. The Morgan fingerprint density at radius 1 is 1.04 bits per heavy atom. The van der Waals surface area contributed by atoms with E-state index in [-0.39, 0.29) is 29.0 Å². The van der Waals surface area contributed by atoms with Gasteiger partial charge in [0.15, 0.2) is 0 Å². The molecule has 1 amide bonds. The molecular formula is C20H26N2O5S. The molecule has 2 rings (SSSR count). The van der Waals surface area contributed by atoms with Crippen LogP contribution < -0.4 is 19.5 Å². The number of benzene rings is 2. The zero-order chi connectivity index (χ0) is 20.7. The summed E-state index contributed by atoms with van der Waals surface area (Å²) in [4.78, 5) is 12.4. The minimum Gasteiger partial charge on any atom is -0.497 e. The summed E-state index contributed by atoms with van der Waals surface area (Å²) in [6.45, 7) is 3.88. The largest absolute Gasteiger partial charge is 0.497 e. The molecule has 0 aliphatic heterocycles. The molecule has 152 valence electrons. The standard InChI is InChI=1S/C20H26N2O5S/c1-14(2)22-20(23)18-13-17(9-10-19(18)27-4)28(24,25)21-12-11-15-5-7-16(26-3)8-6-15/h5-10,13-14,21H,11-12H2,1-4H3,(H,22,23). The Balaban J connectivity index is 2.12. The first kappa shape index (κ1) is 21.7. The first-order chi connectivity index (χ1) is 13.3. The van der Waals surface area contributed by atoms with Crippen LogP contribution in [0.25, 0.3) is 0 Å². The van der Waals surface area contributed by atoms with Crippen molar-refractivity contribution in [2.75, 3.05) is 20.8 Å². The number of hydrogen-bond donors (Lipinski definition) is 2. The maximum atomic E-state index is 12.6. The number of ether oxygens (including phenoxy) is 2. The Hall–Kier alpha value is -2.58. The lowest BCUT2D eigenvalue weighted by Crippen LogP contribution is -2.31. The van der Waals surface area contributed by atoms with E-state index in [0.29, 0.717) is 12.2 Å². The van der Waals surface area contributed by atoms with E-state index in [4.69, 9.17) is 9.47 Å². The lowest BCUT2D eigenvalue weighted by molar-refractivity contribution is 0.0940. The summed E-state index contributed by atoms with van der Waals surface area (Å²) in [6, 6.07) is 11.6. The molecule has 0 aromatic heterocycles. The maximum Gasteiger partial charge on any atom is 0.255 e. The van der Waals surface area contributed by atoms with E-state index in [0.717, 1.165) is 11.3 Å². The number of sulfonamides is 1. The highest BCUT2D eigenvalue weighted by atomic mass is 32.2. The van der Waals surface area contributed by atoms with Gasteiger partial charge in [0.25, 0.3) is 5.91 Å². The third-order valence-corrected chi connectivity index (χ3v) is 5.47. The van der Waals surface area contributed by atoms with Crippen LogP contribution >= 0.6 is 0 Å². The fourth-order valence-corrected chi connectivity index (χ4v) is 3.63. The van der Waals surface area contributed by atoms with Crippen molar-refractivity contribution in [3.05, 3.63) is 53.6 Å². The molecule has 0 saturated heterocycles. The molecule has 2 N–H and O–H groups in total. The number of rotatable bonds is 9. The Morgan fingerprint density at radius 3 is 2.29 bits per heavy atom. The second-order valence-electron chi connectivity index (χ2n) is 6.49. The third kappa shape index (κ3) is 5.71. The Bertz CT molecular complexity index is 909. The first-order valence-electron chi connectivity index (χ1n) is 8.88. The van der Waals surface area contributed by atoms with Crippen molar-refractivity contribution in [1.82, 2.24) is 10.0 Å².